The van der Waals surface area contributed by atoms with Crippen molar-refractivity contribution in [2.75, 3.05) is 9.80 Å². The van der Waals surface area contributed by atoms with Gasteiger partial charge in [0.05, 0.1) is 23.3 Å². The Morgan fingerprint density at radius 2 is 1.91 bits per heavy atom. The largest absolute Gasteiger partial charge is 0.351 e. The molecule has 0 bridgehead atoms. The molecule has 230 valence electrons. The van der Waals surface area contributed by atoms with E-state index in [4.69, 9.17) is 0 Å². The number of H-pyrrole nitrogens is 1. The van der Waals surface area contributed by atoms with Gasteiger partial charge in [-0.1, -0.05) is 18.2 Å². The van der Waals surface area contributed by atoms with Crippen LogP contribution in [0.25, 0.3) is 10.9 Å². The number of alkyl halides is 2. The molecule has 2 aliphatic rings. The summed E-state index contributed by atoms with van der Waals surface area (Å²) >= 11 is 2.11. The van der Waals surface area contributed by atoms with E-state index >= 15 is 0 Å². The summed E-state index contributed by atoms with van der Waals surface area (Å²) in [5.41, 5.74) is 1.93. The first kappa shape index (κ1) is 30.6. The molecule has 2 N–H and O–H groups in total. The molecule has 1 aliphatic carbocycles. The van der Waals surface area contributed by atoms with Crippen molar-refractivity contribution in [2.24, 2.45) is 0 Å². The summed E-state index contributed by atoms with van der Waals surface area (Å²) in [4.78, 5) is 49.4. The molecule has 4 aromatic rings. The second-order valence-corrected chi connectivity index (χ2v) is 12.4. The highest BCUT2D eigenvalue weighted by molar-refractivity contribution is 14.1. The van der Waals surface area contributed by atoms with Crippen LogP contribution >= 0.6 is 22.6 Å². The summed E-state index contributed by atoms with van der Waals surface area (Å²) in [5.74, 6) is -3.98. The molecule has 3 heterocycles. The summed E-state index contributed by atoms with van der Waals surface area (Å²) in [6, 6.07) is 14.6. The minimum atomic E-state index is -2.77. The van der Waals surface area contributed by atoms with Gasteiger partial charge >= 0.3 is 0 Å². The van der Waals surface area contributed by atoms with Crippen molar-refractivity contribution in [1.82, 2.24) is 20.5 Å². The number of carbonyl (C=O) groups excluding carboxylic acids is 3. The van der Waals surface area contributed by atoms with Gasteiger partial charge in [-0.15, -0.1) is 0 Å². The topological polar surface area (TPSA) is 135 Å². The predicted molar refractivity (Wildman–Crippen MR) is 170 cm³/mol. The number of fused-ring (bicyclic) bond motifs is 1. The normalized spacial score (nSPS) is 18.8. The third-order valence-corrected chi connectivity index (χ3v) is 9.31. The molecule has 0 unspecified atom stereocenters. The van der Waals surface area contributed by atoms with E-state index in [1.54, 1.807) is 36.5 Å². The first-order valence-electron chi connectivity index (χ1n) is 14.5. The molecule has 1 aliphatic heterocycles. The highest BCUT2D eigenvalue weighted by Crippen LogP contribution is 2.37. The lowest BCUT2D eigenvalue weighted by Gasteiger charge is -2.37. The Hall–Kier alpha value is -4.45. The van der Waals surface area contributed by atoms with Gasteiger partial charge in [-0.3, -0.25) is 29.3 Å². The Bertz CT molecular complexity index is 1810. The molecule has 0 spiro atoms. The Labute approximate surface area is 270 Å². The number of hydrogen-bond donors (Lipinski definition) is 2. The average Bonchev–Trinajstić information content (AvgIpc) is 3.67. The number of rotatable bonds is 7. The number of benzene rings is 2. The molecule has 1 saturated carbocycles. The van der Waals surface area contributed by atoms with Crippen molar-refractivity contribution in [3.63, 3.8) is 0 Å². The van der Waals surface area contributed by atoms with Crippen molar-refractivity contribution in [3.05, 3.63) is 81.7 Å². The Morgan fingerprint density at radius 3 is 2.67 bits per heavy atom. The number of aromatic nitrogens is 3. The molecule has 2 aromatic carbocycles. The van der Waals surface area contributed by atoms with Crippen molar-refractivity contribution >= 4 is 62.7 Å². The number of amides is 3. The van der Waals surface area contributed by atoms with E-state index in [0.29, 0.717) is 16.6 Å². The molecule has 1 saturated heterocycles. The van der Waals surface area contributed by atoms with Crippen molar-refractivity contribution in [3.8, 4) is 6.07 Å². The highest BCUT2D eigenvalue weighted by atomic mass is 127. The molecule has 0 radical (unpaired) electrons. The van der Waals surface area contributed by atoms with Gasteiger partial charge in [0.1, 0.15) is 17.9 Å². The maximum absolute atomic E-state index is 14.8. The van der Waals surface area contributed by atoms with Crippen LogP contribution in [0.15, 0.2) is 67.0 Å². The van der Waals surface area contributed by atoms with Crippen LogP contribution in [-0.4, -0.2) is 50.9 Å². The summed E-state index contributed by atoms with van der Waals surface area (Å²) in [7, 11) is 0. The Balaban J connectivity index is 1.46. The second kappa shape index (κ2) is 12.5. The van der Waals surface area contributed by atoms with E-state index in [9.17, 15) is 28.4 Å². The van der Waals surface area contributed by atoms with E-state index in [2.05, 4.69) is 43.1 Å². The van der Waals surface area contributed by atoms with Crippen molar-refractivity contribution in [2.45, 2.75) is 62.6 Å². The Kier molecular flexibility index (Phi) is 8.50. The smallest absolute Gasteiger partial charge is 0.251 e. The van der Waals surface area contributed by atoms with Crippen LogP contribution < -0.4 is 15.1 Å². The van der Waals surface area contributed by atoms with Crippen molar-refractivity contribution < 1.29 is 23.2 Å². The second-order valence-electron chi connectivity index (χ2n) is 11.2. The number of carbonyl (C=O) groups is 3. The van der Waals surface area contributed by atoms with E-state index in [-0.39, 0.29) is 55.8 Å². The molecule has 45 heavy (non-hydrogen) atoms. The lowest BCUT2D eigenvalue weighted by Crippen LogP contribution is -2.53. The number of anilines is 2. The van der Waals surface area contributed by atoms with Crippen LogP contribution in [0.2, 0.25) is 0 Å². The zero-order chi connectivity index (χ0) is 31.7. The number of aromatic amines is 1. The van der Waals surface area contributed by atoms with Crippen LogP contribution in [0.4, 0.5) is 20.3 Å². The van der Waals surface area contributed by atoms with E-state index in [1.807, 2.05) is 18.2 Å². The number of nitriles is 1. The summed E-state index contributed by atoms with van der Waals surface area (Å²) in [6.45, 7) is 0. The fourth-order valence-electron chi connectivity index (χ4n) is 6.03. The summed E-state index contributed by atoms with van der Waals surface area (Å²) < 4.78 is 28.6. The van der Waals surface area contributed by atoms with Gasteiger partial charge in [-0.2, -0.15) is 10.4 Å². The van der Waals surface area contributed by atoms with Crippen LogP contribution in [0, 0.1) is 14.9 Å². The van der Waals surface area contributed by atoms with Gasteiger partial charge in [0.15, 0.2) is 0 Å². The van der Waals surface area contributed by atoms with Crippen LogP contribution in [-0.2, 0) is 14.4 Å². The molecule has 2 atom stereocenters. The van der Waals surface area contributed by atoms with Gasteiger partial charge < -0.3 is 5.32 Å². The first-order valence-corrected chi connectivity index (χ1v) is 15.6. The molecule has 2 aromatic heterocycles. The molecule has 6 rings (SSSR count). The minimum absolute atomic E-state index is 0.0689. The molecule has 3 amide bonds. The molecular weight excluding hydrogens is 695 g/mol. The number of halogens is 3. The number of nitrogens with zero attached hydrogens (tertiary/aromatic N) is 5. The SMILES string of the molecule is N#Cc1ccnc(N2C(=O)CC[C@H]2C(=O)N(c2ccc3[nH]ncc3c2)[C@H](C(=O)NC2CCC(F)(F)CC2)c2ccccc2I)c1. The monoisotopic (exact) mass is 723 g/mol. The van der Waals surface area contributed by atoms with E-state index in [1.165, 1.54) is 28.1 Å². The molecule has 10 nitrogen and oxygen atoms in total. The standard InChI is InChI=1S/C32H28F2IN7O3/c33-32(34)12-9-21(10-13-32)39-30(44)29(23-3-1-2-4-24(23)35)41(22-5-6-25-20(16-22)18-38-40-25)31(45)26-7-8-28(43)42(26)27-15-19(17-36)11-14-37-27/h1-6,11,14-16,18,21,26,29H,7-10,12-13H2,(H,38,40)(H,39,44)/t26-,29-/m0/s1. The molecule has 2 fully saturated rings. The third kappa shape index (κ3) is 6.24. The van der Waals surface area contributed by atoms with Crippen molar-refractivity contribution in [1.29, 1.82) is 5.26 Å². The Morgan fingerprint density at radius 1 is 1.13 bits per heavy atom. The lowest BCUT2D eigenvalue weighted by atomic mass is 9.91. The van der Waals surface area contributed by atoms with Crippen LogP contribution in [0.1, 0.15) is 55.7 Å². The zero-order valence-electron chi connectivity index (χ0n) is 23.9. The first-order chi connectivity index (χ1) is 21.6. The summed E-state index contributed by atoms with van der Waals surface area (Å²) in [5, 5.41) is 20.1. The third-order valence-electron chi connectivity index (χ3n) is 8.33. The number of pyridine rings is 1. The fourth-order valence-corrected chi connectivity index (χ4v) is 6.71. The van der Waals surface area contributed by atoms with Gasteiger partial charge in [0.2, 0.25) is 17.7 Å². The molecule has 13 heteroatoms. The van der Waals surface area contributed by atoms with E-state index < -0.39 is 35.9 Å². The van der Waals surface area contributed by atoms with Gasteiger partial charge in [0.25, 0.3) is 5.91 Å². The van der Waals surface area contributed by atoms with Gasteiger partial charge in [0, 0.05) is 46.1 Å². The minimum Gasteiger partial charge on any atom is -0.351 e. The maximum atomic E-state index is 14.8. The van der Waals surface area contributed by atoms with Crippen LogP contribution in [0.3, 0.4) is 0 Å². The van der Waals surface area contributed by atoms with Crippen LogP contribution in [0.5, 0.6) is 0 Å². The lowest BCUT2D eigenvalue weighted by molar-refractivity contribution is -0.128. The fraction of sp³-hybridized carbons (Fsp3) is 0.312. The predicted octanol–water partition coefficient (Wildman–Crippen LogP) is 5.40. The van der Waals surface area contributed by atoms with E-state index in [0.717, 1.165) is 9.09 Å². The number of hydrogen-bond acceptors (Lipinski definition) is 6. The summed E-state index contributed by atoms with van der Waals surface area (Å²) in [6.07, 6.45) is 2.79. The average molecular weight is 724 g/mol. The quantitative estimate of drug-likeness (QED) is 0.246. The molecular formula is C32H28F2IN7O3. The zero-order valence-corrected chi connectivity index (χ0v) is 26.1. The number of nitrogens with one attached hydrogen (secondary N) is 2. The maximum Gasteiger partial charge on any atom is 0.251 e. The van der Waals surface area contributed by atoms with Gasteiger partial charge in [-0.05, 0) is 83.8 Å². The van der Waals surface area contributed by atoms with Gasteiger partial charge in [-0.25, -0.2) is 13.8 Å². The highest BCUT2D eigenvalue weighted by Gasteiger charge is 2.45.